The number of rotatable bonds is 3. The fourth-order valence-electron chi connectivity index (χ4n) is 2.51. The van der Waals surface area contributed by atoms with Crippen LogP contribution in [0.2, 0.25) is 0 Å². The molecule has 0 bridgehead atoms. The van der Waals surface area contributed by atoms with E-state index in [9.17, 15) is 4.79 Å². The van der Waals surface area contributed by atoms with Crippen molar-refractivity contribution in [2.45, 2.75) is 18.9 Å². The first-order valence-corrected chi connectivity index (χ1v) is 6.39. The largest absolute Gasteiger partial charge is 0.399 e. The average Bonchev–Trinajstić information content (AvgIpc) is 2.76. The van der Waals surface area contributed by atoms with Gasteiger partial charge >= 0.3 is 0 Å². The Hall–Kier alpha value is -1.26. The number of hydrogen-bond acceptors (Lipinski definition) is 3. The molecule has 1 fully saturated rings. The van der Waals surface area contributed by atoms with E-state index in [1.807, 2.05) is 31.1 Å². The van der Waals surface area contributed by atoms with Crippen molar-refractivity contribution in [1.82, 2.24) is 9.80 Å². The van der Waals surface area contributed by atoms with Crippen LogP contribution in [0.3, 0.4) is 0 Å². The summed E-state index contributed by atoms with van der Waals surface area (Å²) in [7, 11) is 4.09. The molecule has 0 saturated carbocycles. The average molecular weight is 284 g/mol. The van der Waals surface area contributed by atoms with Crippen molar-refractivity contribution in [2.24, 2.45) is 0 Å². The predicted octanol–water partition coefficient (Wildman–Crippen LogP) is 1.86. The van der Waals surface area contributed by atoms with E-state index < -0.39 is 0 Å². The molecule has 19 heavy (non-hydrogen) atoms. The van der Waals surface area contributed by atoms with Crippen LogP contribution >= 0.6 is 12.4 Å². The maximum Gasteiger partial charge on any atom is 0.254 e. The molecule has 1 aromatic carbocycles. The van der Waals surface area contributed by atoms with Crippen molar-refractivity contribution in [1.29, 1.82) is 0 Å². The first-order chi connectivity index (χ1) is 8.58. The number of likely N-dealkylation sites (tertiary alicyclic amines) is 1. The van der Waals surface area contributed by atoms with Gasteiger partial charge in [0.05, 0.1) is 0 Å². The predicted molar refractivity (Wildman–Crippen MR) is 80.7 cm³/mol. The zero-order chi connectivity index (χ0) is 13.1. The van der Waals surface area contributed by atoms with Gasteiger partial charge in [-0.15, -0.1) is 12.4 Å². The summed E-state index contributed by atoms with van der Waals surface area (Å²) in [6.45, 7) is 1.79. The molecular weight excluding hydrogens is 262 g/mol. The third kappa shape index (κ3) is 3.85. The van der Waals surface area contributed by atoms with Crippen LogP contribution in [0, 0.1) is 0 Å². The van der Waals surface area contributed by atoms with Gasteiger partial charge in [0.1, 0.15) is 0 Å². The van der Waals surface area contributed by atoms with Crippen LogP contribution in [0.15, 0.2) is 24.3 Å². The van der Waals surface area contributed by atoms with E-state index in [4.69, 9.17) is 5.73 Å². The fourth-order valence-corrected chi connectivity index (χ4v) is 2.51. The van der Waals surface area contributed by atoms with Gasteiger partial charge in [0.2, 0.25) is 0 Å². The number of carbonyl (C=O) groups is 1. The Kier molecular flexibility index (Phi) is 5.63. The van der Waals surface area contributed by atoms with Gasteiger partial charge in [-0.2, -0.15) is 0 Å². The number of nitrogen functional groups attached to an aromatic ring is 1. The fraction of sp³-hybridized carbons (Fsp3) is 0.500. The van der Waals surface area contributed by atoms with Gasteiger partial charge in [0.25, 0.3) is 5.91 Å². The van der Waals surface area contributed by atoms with Gasteiger partial charge in [0, 0.05) is 30.4 Å². The number of likely N-dealkylation sites (N-methyl/N-ethyl adjacent to an activating group) is 1. The van der Waals surface area contributed by atoms with Crippen LogP contribution in [0.1, 0.15) is 23.2 Å². The van der Waals surface area contributed by atoms with Crippen LogP contribution in [-0.2, 0) is 0 Å². The molecular formula is C14H22ClN3O. The highest BCUT2D eigenvalue weighted by Crippen LogP contribution is 2.21. The first-order valence-electron chi connectivity index (χ1n) is 6.39. The van der Waals surface area contributed by atoms with Crippen molar-refractivity contribution in [3.8, 4) is 0 Å². The molecule has 0 aromatic heterocycles. The summed E-state index contributed by atoms with van der Waals surface area (Å²) in [5, 5.41) is 0. The number of halogens is 1. The standard InChI is InChI=1S/C14H21N3O.ClH/c1-16(2)10-13-4-3-9-17(13)14(18)11-5-7-12(15)8-6-11;/h5-8,13H,3-4,9-10,15H2,1-2H3;1H. The Morgan fingerprint density at radius 2 is 2.00 bits per heavy atom. The molecule has 1 aliphatic heterocycles. The van der Waals surface area contributed by atoms with Crippen molar-refractivity contribution >= 4 is 24.0 Å². The van der Waals surface area contributed by atoms with Crippen molar-refractivity contribution in [2.75, 3.05) is 32.9 Å². The molecule has 106 valence electrons. The summed E-state index contributed by atoms with van der Waals surface area (Å²) in [4.78, 5) is 16.5. The van der Waals surface area contributed by atoms with E-state index in [0.29, 0.717) is 11.7 Å². The lowest BCUT2D eigenvalue weighted by molar-refractivity contribution is 0.0716. The number of carbonyl (C=O) groups excluding carboxylic acids is 1. The van der Waals surface area contributed by atoms with E-state index in [0.717, 1.165) is 31.5 Å². The van der Waals surface area contributed by atoms with Gasteiger partial charge < -0.3 is 15.5 Å². The molecule has 1 unspecified atom stereocenters. The van der Waals surface area contributed by atoms with Crippen LogP contribution in [0.5, 0.6) is 0 Å². The first kappa shape index (κ1) is 15.8. The third-order valence-corrected chi connectivity index (χ3v) is 3.37. The molecule has 1 atom stereocenters. The smallest absolute Gasteiger partial charge is 0.254 e. The number of amides is 1. The third-order valence-electron chi connectivity index (χ3n) is 3.37. The molecule has 0 aliphatic carbocycles. The number of nitrogens with zero attached hydrogens (tertiary/aromatic N) is 2. The minimum Gasteiger partial charge on any atom is -0.399 e. The second kappa shape index (κ2) is 6.78. The Morgan fingerprint density at radius 3 is 2.58 bits per heavy atom. The maximum absolute atomic E-state index is 12.4. The maximum atomic E-state index is 12.4. The lowest BCUT2D eigenvalue weighted by atomic mass is 10.1. The summed E-state index contributed by atoms with van der Waals surface area (Å²) in [6.07, 6.45) is 2.19. The Labute approximate surface area is 121 Å². The summed E-state index contributed by atoms with van der Waals surface area (Å²) in [5.41, 5.74) is 7.07. The highest BCUT2D eigenvalue weighted by molar-refractivity contribution is 5.94. The van der Waals surface area contributed by atoms with Gasteiger partial charge in [-0.1, -0.05) is 0 Å². The van der Waals surface area contributed by atoms with E-state index in [1.165, 1.54) is 0 Å². The topological polar surface area (TPSA) is 49.6 Å². The van der Waals surface area contributed by atoms with Gasteiger partial charge in [-0.05, 0) is 51.2 Å². The molecule has 1 aromatic rings. The van der Waals surface area contributed by atoms with Crippen LogP contribution in [0.4, 0.5) is 5.69 Å². The Balaban J connectivity index is 0.00000180. The molecule has 1 amide bonds. The molecule has 2 rings (SSSR count). The number of hydrogen-bond donors (Lipinski definition) is 1. The Morgan fingerprint density at radius 1 is 1.37 bits per heavy atom. The summed E-state index contributed by atoms with van der Waals surface area (Å²) in [5.74, 6) is 0.124. The quantitative estimate of drug-likeness (QED) is 0.862. The number of nitrogens with two attached hydrogens (primary N) is 1. The van der Waals surface area contributed by atoms with Gasteiger partial charge in [0.15, 0.2) is 0 Å². The van der Waals surface area contributed by atoms with Gasteiger partial charge in [-0.3, -0.25) is 4.79 Å². The van der Waals surface area contributed by atoms with E-state index in [-0.39, 0.29) is 18.3 Å². The highest BCUT2D eigenvalue weighted by atomic mass is 35.5. The molecule has 0 spiro atoms. The molecule has 2 N–H and O–H groups in total. The Bertz CT molecular complexity index is 419. The lowest BCUT2D eigenvalue weighted by Gasteiger charge is -2.27. The van der Waals surface area contributed by atoms with Crippen LogP contribution in [0.25, 0.3) is 0 Å². The zero-order valence-corrected chi connectivity index (χ0v) is 12.3. The van der Waals surface area contributed by atoms with E-state index >= 15 is 0 Å². The SMILES string of the molecule is CN(C)CC1CCCN1C(=O)c1ccc(N)cc1.Cl. The molecule has 1 aliphatic rings. The van der Waals surface area contributed by atoms with Crippen LogP contribution < -0.4 is 5.73 Å². The van der Waals surface area contributed by atoms with Crippen molar-refractivity contribution < 1.29 is 4.79 Å². The van der Waals surface area contributed by atoms with Gasteiger partial charge in [-0.25, -0.2) is 0 Å². The van der Waals surface area contributed by atoms with E-state index in [2.05, 4.69) is 4.90 Å². The molecule has 5 heteroatoms. The van der Waals surface area contributed by atoms with Crippen molar-refractivity contribution in [3.63, 3.8) is 0 Å². The molecule has 0 radical (unpaired) electrons. The monoisotopic (exact) mass is 283 g/mol. The summed E-state index contributed by atoms with van der Waals surface area (Å²) < 4.78 is 0. The van der Waals surface area contributed by atoms with E-state index in [1.54, 1.807) is 12.1 Å². The molecule has 1 heterocycles. The molecule has 4 nitrogen and oxygen atoms in total. The number of anilines is 1. The van der Waals surface area contributed by atoms with Crippen LogP contribution in [-0.4, -0.2) is 48.9 Å². The minimum absolute atomic E-state index is 0. The zero-order valence-electron chi connectivity index (χ0n) is 11.5. The second-order valence-electron chi connectivity index (χ2n) is 5.18. The minimum atomic E-state index is 0. The summed E-state index contributed by atoms with van der Waals surface area (Å²) in [6, 6.07) is 7.52. The lowest BCUT2D eigenvalue weighted by Crippen LogP contribution is -2.41. The van der Waals surface area contributed by atoms with Crippen molar-refractivity contribution in [3.05, 3.63) is 29.8 Å². The normalized spacial score (nSPS) is 18.5. The highest BCUT2D eigenvalue weighted by Gasteiger charge is 2.29. The number of benzene rings is 1. The molecule has 1 saturated heterocycles. The second-order valence-corrected chi connectivity index (χ2v) is 5.18. The summed E-state index contributed by atoms with van der Waals surface area (Å²) >= 11 is 0.